The molecule has 72 valence electrons. The van der Waals surface area contributed by atoms with Crippen molar-refractivity contribution in [2.45, 2.75) is 30.6 Å². The number of thioether (sulfide) groups is 1. The summed E-state index contributed by atoms with van der Waals surface area (Å²) in [6.45, 7) is 0. The van der Waals surface area contributed by atoms with E-state index in [0.29, 0.717) is 6.04 Å². The number of imidazole rings is 1. The predicted octanol–water partition coefficient (Wildman–Crippen LogP) is 3.00. The molecule has 13 heavy (non-hydrogen) atoms. The number of aromatic amines is 1. The summed E-state index contributed by atoms with van der Waals surface area (Å²) in [6.07, 6.45) is 10.1. The maximum absolute atomic E-state index is 5.20. The van der Waals surface area contributed by atoms with Crippen LogP contribution in [-0.2, 0) is 0 Å². The zero-order chi connectivity index (χ0) is 9.26. The molecular formula is C9H14N2S2. The van der Waals surface area contributed by atoms with Gasteiger partial charge < -0.3 is 9.55 Å². The van der Waals surface area contributed by atoms with E-state index in [1.54, 1.807) is 0 Å². The Morgan fingerprint density at radius 1 is 1.62 bits per heavy atom. The van der Waals surface area contributed by atoms with Gasteiger partial charge in [-0.2, -0.15) is 11.8 Å². The summed E-state index contributed by atoms with van der Waals surface area (Å²) in [5, 5.41) is 0.835. The van der Waals surface area contributed by atoms with Gasteiger partial charge in [-0.15, -0.1) is 0 Å². The molecule has 1 heterocycles. The van der Waals surface area contributed by atoms with Gasteiger partial charge in [0.15, 0.2) is 4.77 Å². The molecule has 1 aliphatic carbocycles. The Morgan fingerprint density at radius 3 is 3.00 bits per heavy atom. The minimum atomic E-state index is 0.635. The Bertz CT molecular complexity index is 328. The Labute approximate surface area is 87.7 Å². The van der Waals surface area contributed by atoms with Crippen LogP contribution in [0.5, 0.6) is 0 Å². The Balaban J connectivity index is 2.12. The zero-order valence-corrected chi connectivity index (χ0v) is 9.33. The standard InChI is InChI=1S/C9H14N2S2/c1-13-8-3-2-7(6-8)11-5-4-10-9(11)12/h4-5,7-8H,2-3,6H2,1H3,(H,10,12). The van der Waals surface area contributed by atoms with Crippen LogP contribution in [0.4, 0.5) is 0 Å². The van der Waals surface area contributed by atoms with Crippen LogP contribution in [0.25, 0.3) is 0 Å². The molecule has 2 unspecified atom stereocenters. The van der Waals surface area contributed by atoms with E-state index in [0.717, 1.165) is 10.0 Å². The number of aromatic nitrogens is 2. The summed E-state index contributed by atoms with van der Waals surface area (Å²) < 4.78 is 3.07. The van der Waals surface area contributed by atoms with Gasteiger partial charge in [-0.3, -0.25) is 0 Å². The number of nitrogens with one attached hydrogen (secondary N) is 1. The van der Waals surface area contributed by atoms with Crippen LogP contribution in [0.2, 0.25) is 0 Å². The van der Waals surface area contributed by atoms with E-state index < -0.39 is 0 Å². The molecule has 2 atom stereocenters. The van der Waals surface area contributed by atoms with Crippen molar-refractivity contribution in [3.05, 3.63) is 17.2 Å². The number of rotatable bonds is 2. The first kappa shape index (κ1) is 9.34. The number of hydrogen-bond donors (Lipinski definition) is 1. The minimum Gasteiger partial charge on any atom is -0.337 e. The summed E-state index contributed by atoms with van der Waals surface area (Å²) in [6, 6.07) is 0.635. The lowest BCUT2D eigenvalue weighted by molar-refractivity contribution is 0.514. The van der Waals surface area contributed by atoms with Crippen molar-refractivity contribution in [2.24, 2.45) is 0 Å². The van der Waals surface area contributed by atoms with Crippen molar-refractivity contribution in [3.8, 4) is 0 Å². The second-order valence-corrected chi connectivity index (χ2v) is 5.02. The van der Waals surface area contributed by atoms with E-state index in [4.69, 9.17) is 12.2 Å². The summed E-state index contributed by atoms with van der Waals surface area (Å²) in [7, 11) is 0. The monoisotopic (exact) mass is 214 g/mol. The van der Waals surface area contributed by atoms with Gasteiger partial charge in [0.05, 0.1) is 0 Å². The topological polar surface area (TPSA) is 20.7 Å². The summed E-state index contributed by atoms with van der Waals surface area (Å²) >= 11 is 7.18. The fourth-order valence-electron chi connectivity index (χ4n) is 2.00. The average Bonchev–Trinajstić information content (AvgIpc) is 2.71. The molecule has 1 aromatic heterocycles. The first-order valence-electron chi connectivity index (χ1n) is 4.59. The van der Waals surface area contributed by atoms with E-state index >= 15 is 0 Å². The Morgan fingerprint density at radius 2 is 2.46 bits per heavy atom. The number of nitrogens with zero attached hydrogens (tertiary/aromatic N) is 1. The normalized spacial score (nSPS) is 28.1. The van der Waals surface area contributed by atoms with Crippen LogP contribution in [0.15, 0.2) is 12.4 Å². The van der Waals surface area contributed by atoms with Gasteiger partial charge in [0.1, 0.15) is 0 Å². The molecule has 0 spiro atoms. The van der Waals surface area contributed by atoms with Crippen molar-refractivity contribution < 1.29 is 0 Å². The van der Waals surface area contributed by atoms with Gasteiger partial charge >= 0.3 is 0 Å². The van der Waals surface area contributed by atoms with Crippen molar-refractivity contribution in [1.29, 1.82) is 0 Å². The lowest BCUT2D eigenvalue weighted by atomic mass is 10.2. The molecule has 2 rings (SSSR count). The molecule has 2 nitrogen and oxygen atoms in total. The molecule has 1 aromatic rings. The highest BCUT2D eigenvalue weighted by Crippen LogP contribution is 2.35. The third-order valence-corrected chi connectivity index (χ3v) is 4.18. The van der Waals surface area contributed by atoms with Crippen LogP contribution >= 0.6 is 24.0 Å². The van der Waals surface area contributed by atoms with E-state index in [-0.39, 0.29) is 0 Å². The fraction of sp³-hybridized carbons (Fsp3) is 0.667. The van der Waals surface area contributed by atoms with Crippen LogP contribution in [0.1, 0.15) is 25.3 Å². The smallest absolute Gasteiger partial charge is 0.177 e. The second kappa shape index (κ2) is 3.88. The van der Waals surface area contributed by atoms with Crippen LogP contribution in [0.3, 0.4) is 0 Å². The largest absolute Gasteiger partial charge is 0.337 e. The van der Waals surface area contributed by atoms with Crippen LogP contribution in [0, 0.1) is 4.77 Å². The highest BCUT2D eigenvalue weighted by Gasteiger charge is 2.25. The quantitative estimate of drug-likeness (QED) is 0.764. The maximum atomic E-state index is 5.20. The summed E-state index contributed by atoms with van der Waals surface area (Å²) in [5.74, 6) is 0. The maximum Gasteiger partial charge on any atom is 0.177 e. The highest BCUT2D eigenvalue weighted by atomic mass is 32.2. The Hall–Kier alpha value is -0.220. The molecule has 0 amide bonds. The van der Waals surface area contributed by atoms with Gasteiger partial charge in [0, 0.05) is 23.7 Å². The molecule has 1 fully saturated rings. The third kappa shape index (κ3) is 1.83. The highest BCUT2D eigenvalue weighted by molar-refractivity contribution is 7.99. The molecule has 4 heteroatoms. The van der Waals surface area contributed by atoms with Crippen molar-refractivity contribution in [2.75, 3.05) is 6.26 Å². The van der Waals surface area contributed by atoms with E-state index in [1.165, 1.54) is 19.3 Å². The second-order valence-electron chi connectivity index (χ2n) is 3.50. The fourth-order valence-corrected chi connectivity index (χ4v) is 3.07. The summed E-state index contributed by atoms with van der Waals surface area (Å²) in [4.78, 5) is 3.05. The molecule has 0 radical (unpaired) electrons. The SMILES string of the molecule is CSC1CCC(n2cc[nH]c2=S)C1. The van der Waals surface area contributed by atoms with Crippen LogP contribution in [-0.4, -0.2) is 21.1 Å². The summed E-state index contributed by atoms with van der Waals surface area (Å²) in [5.41, 5.74) is 0. The van der Waals surface area contributed by atoms with E-state index in [2.05, 4.69) is 22.0 Å². The van der Waals surface area contributed by atoms with Gasteiger partial charge in [-0.1, -0.05) is 0 Å². The van der Waals surface area contributed by atoms with Crippen molar-refractivity contribution >= 4 is 24.0 Å². The van der Waals surface area contributed by atoms with Gasteiger partial charge in [0.25, 0.3) is 0 Å². The average molecular weight is 214 g/mol. The molecule has 1 saturated carbocycles. The van der Waals surface area contributed by atoms with Crippen molar-refractivity contribution in [1.82, 2.24) is 9.55 Å². The molecule has 0 bridgehead atoms. The number of hydrogen-bond acceptors (Lipinski definition) is 2. The molecule has 0 saturated heterocycles. The molecule has 0 aromatic carbocycles. The molecular weight excluding hydrogens is 200 g/mol. The van der Waals surface area contributed by atoms with Gasteiger partial charge in [0.2, 0.25) is 0 Å². The van der Waals surface area contributed by atoms with Gasteiger partial charge in [-0.05, 0) is 37.7 Å². The molecule has 1 N–H and O–H groups in total. The lowest BCUT2D eigenvalue weighted by Gasteiger charge is -2.11. The molecule has 0 aliphatic heterocycles. The van der Waals surface area contributed by atoms with Crippen molar-refractivity contribution in [3.63, 3.8) is 0 Å². The first-order chi connectivity index (χ1) is 6.31. The first-order valence-corrected chi connectivity index (χ1v) is 6.29. The lowest BCUT2D eigenvalue weighted by Crippen LogP contribution is -2.04. The number of H-pyrrole nitrogens is 1. The van der Waals surface area contributed by atoms with Crippen LogP contribution < -0.4 is 0 Å². The zero-order valence-electron chi connectivity index (χ0n) is 7.69. The third-order valence-electron chi connectivity index (χ3n) is 2.76. The van der Waals surface area contributed by atoms with E-state index in [1.807, 2.05) is 18.0 Å². The minimum absolute atomic E-state index is 0.635. The van der Waals surface area contributed by atoms with Gasteiger partial charge in [-0.25, -0.2) is 0 Å². The molecule has 1 aliphatic rings. The predicted molar refractivity (Wildman–Crippen MR) is 59.8 cm³/mol. The van der Waals surface area contributed by atoms with E-state index in [9.17, 15) is 0 Å². The Kier molecular flexibility index (Phi) is 2.79.